The molecule has 1 unspecified atom stereocenters. The predicted octanol–water partition coefficient (Wildman–Crippen LogP) is 6.93. The summed E-state index contributed by atoms with van der Waals surface area (Å²) in [4.78, 5) is 27.3. The summed E-state index contributed by atoms with van der Waals surface area (Å²) < 4.78 is 16.7. The van der Waals surface area contributed by atoms with Crippen molar-refractivity contribution in [3.05, 3.63) is 119 Å². The third-order valence-electron chi connectivity index (χ3n) is 7.32. The molecule has 0 aliphatic heterocycles. The Bertz CT molecular complexity index is 1250. The van der Waals surface area contributed by atoms with Crippen molar-refractivity contribution in [2.45, 2.75) is 39.9 Å². The maximum absolute atomic E-state index is 13.6. The summed E-state index contributed by atoms with van der Waals surface area (Å²) in [6.07, 6.45) is 0.549. The van der Waals surface area contributed by atoms with E-state index in [-0.39, 0.29) is 25.6 Å². The van der Waals surface area contributed by atoms with Gasteiger partial charge in [-0.15, -0.1) is 0 Å². The van der Waals surface area contributed by atoms with Gasteiger partial charge < -0.3 is 14.2 Å². The van der Waals surface area contributed by atoms with Crippen LogP contribution in [-0.2, 0) is 32.3 Å². The van der Waals surface area contributed by atoms with Crippen LogP contribution in [0.4, 0.5) is 0 Å². The number of carbonyl (C=O) groups is 2. The van der Waals surface area contributed by atoms with E-state index in [0.717, 1.165) is 39.2 Å². The highest BCUT2D eigenvalue weighted by Crippen LogP contribution is 2.50. The molecule has 3 aromatic rings. The van der Waals surface area contributed by atoms with Crippen LogP contribution in [0.3, 0.4) is 0 Å². The molecule has 0 N–H and O–H groups in total. The fourth-order valence-corrected chi connectivity index (χ4v) is 5.04. The molecule has 0 amide bonds. The lowest BCUT2D eigenvalue weighted by Gasteiger charge is -2.25. The summed E-state index contributed by atoms with van der Waals surface area (Å²) in [5.74, 6) is -0.366. The van der Waals surface area contributed by atoms with Gasteiger partial charge in [0, 0.05) is 0 Å². The molecular formula is C33H34O5. The average Bonchev–Trinajstić information content (AvgIpc) is 3.33. The van der Waals surface area contributed by atoms with Crippen molar-refractivity contribution in [1.29, 1.82) is 0 Å². The highest BCUT2D eigenvalue weighted by molar-refractivity contribution is 6.01. The van der Waals surface area contributed by atoms with E-state index in [4.69, 9.17) is 14.2 Å². The van der Waals surface area contributed by atoms with E-state index in [1.807, 2.05) is 98.8 Å². The van der Waals surface area contributed by atoms with Gasteiger partial charge >= 0.3 is 11.9 Å². The number of carbonyl (C=O) groups excluding carboxylic acids is 2. The molecule has 38 heavy (non-hydrogen) atoms. The molecular weight excluding hydrogens is 476 g/mol. The molecule has 1 fully saturated rings. The fraction of sp³-hybridized carbons (Fsp3) is 0.273. The molecule has 0 bridgehead atoms. The van der Waals surface area contributed by atoms with Gasteiger partial charge in [-0.1, -0.05) is 91.9 Å². The largest absolute Gasteiger partial charge is 0.497 e. The van der Waals surface area contributed by atoms with E-state index in [1.54, 1.807) is 7.11 Å². The highest BCUT2D eigenvalue weighted by atomic mass is 16.6. The maximum atomic E-state index is 13.6. The molecule has 0 heterocycles. The Balaban J connectivity index is 1.61. The first-order valence-corrected chi connectivity index (χ1v) is 12.8. The van der Waals surface area contributed by atoms with E-state index < -0.39 is 17.4 Å². The van der Waals surface area contributed by atoms with Gasteiger partial charge in [-0.25, -0.2) is 0 Å². The zero-order valence-electron chi connectivity index (χ0n) is 22.2. The number of ether oxygens (including phenoxy) is 3. The first kappa shape index (κ1) is 26.9. The van der Waals surface area contributed by atoms with E-state index >= 15 is 0 Å². The van der Waals surface area contributed by atoms with Crippen LogP contribution in [-0.4, -0.2) is 19.0 Å². The van der Waals surface area contributed by atoms with Gasteiger partial charge in [-0.2, -0.15) is 0 Å². The number of methoxy groups -OCH3 is 1. The standard InChI is InChI=1S/C33H34O5/c1-23-19-33(31(34)37-21-26-11-7-5-8-12-26,32(35)38-22-27-13-9-6-10-14-27)20-30(23)25(3)24(2)28-15-17-29(36-4)18-16-28/h5-18,23H,2,19-22H2,1,3-4H3/b30-25+. The predicted molar refractivity (Wildman–Crippen MR) is 148 cm³/mol. The van der Waals surface area contributed by atoms with Crippen LogP contribution in [0.25, 0.3) is 5.57 Å². The van der Waals surface area contributed by atoms with E-state index in [2.05, 4.69) is 6.58 Å². The minimum absolute atomic E-state index is 0.0291. The third-order valence-corrected chi connectivity index (χ3v) is 7.32. The first-order chi connectivity index (χ1) is 18.3. The van der Waals surface area contributed by atoms with Crippen molar-refractivity contribution in [2.75, 3.05) is 7.11 Å². The topological polar surface area (TPSA) is 61.8 Å². The molecule has 1 aliphatic carbocycles. The molecule has 0 saturated heterocycles. The Hall–Kier alpha value is -4.12. The molecule has 0 spiro atoms. The Morgan fingerprint density at radius 2 is 1.34 bits per heavy atom. The number of benzene rings is 3. The molecule has 0 aromatic heterocycles. The second-order valence-electron chi connectivity index (χ2n) is 9.84. The van der Waals surface area contributed by atoms with Crippen molar-refractivity contribution in [3.63, 3.8) is 0 Å². The highest BCUT2D eigenvalue weighted by Gasteiger charge is 2.55. The summed E-state index contributed by atoms with van der Waals surface area (Å²) in [7, 11) is 1.63. The number of allylic oxidation sites excluding steroid dienone is 3. The molecule has 1 saturated carbocycles. The lowest BCUT2D eigenvalue weighted by molar-refractivity contribution is -0.174. The Morgan fingerprint density at radius 3 is 1.82 bits per heavy atom. The van der Waals surface area contributed by atoms with Crippen molar-refractivity contribution < 1.29 is 23.8 Å². The molecule has 1 atom stereocenters. The minimum Gasteiger partial charge on any atom is -0.497 e. The Morgan fingerprint density at radius 1 is 0.842 bits per heavy atom. The van der Waals surface area contributed by atoms with E-state index in [0.29, 0.717) is 6.42 Å². The lowest BCUT2D eigenvalue weighted by atomic mass is 9.84. The summed E-state index contributed by atoms with van der Waals surface area (Å²) in [6, 6.07) is 26.6. The SMILES string of the molecule is C=C(/C(C)=C1\CC(C(=O)OCc2ccccc2)(C(=O)OCc2ccccc2)CC1C)c1ccc(OC)cc1. The smallest absolute Gasteiger partial charge is 0.324 e. The number of hydrogen-bond donors (Lipinski definition) is 0. The molecule has 3 aromatic carbocycles. The minimum atomic E-state index is -1.42. The van der Waals surface area contributed by atoms with Gasteiger partial charge in [0.1, 0.15) is 19.0 Å². The molecule has 0 radical (unpaired) electrons. The van der Waals surface area contributed by atoms with Crippen LogP contribution in [0.5, 0.6) is 5.75 Å². The van der Waals surface area contributed by atoms with Crippen molar-refractivity contribution in [2.24, 2.45) is 11.3 Å². The van der Waals surface area contributed by atoms with Crippen molar-refractivity contribution in [1.82, 2.24) is 0 Å². The maximum Gasteiger partial charge on any atom is 0.324 e. The molecule has 1 aliphatic rings. The fourth-order valence-electron chi connectivity index (χ4n) is 5.04. The third kappa shape index (κ3) is 5.88. The summed E-state index contributed by atoms with van der Waals surface area (Å²) in [5.41, 5.74) is 4.09. The van der Waals surface area contributed by atoms with Crippen molar-refractivity contribution >= 4 is 17.5 Å². The monoisotopic (exact) mass is 510 g/mol. The normalized spacial score (nSPS) is 17.4. The zero-order valence-corrected chi connectivity index (χ0v) is 22.2. The quantitative estimate of drug-likeness (QED) is 0.231. The molecule has 4 rings (SSSR count). The van der Waals surface area contributed by atoms with Gasteiger partial charge in [0.05, 0.1) is 7.11 Å². The number of hydrogen-bond acceptors (Lipinski definition) is 5. The van der Waals surface area contributed by atoms with Crippen LogP contribution < -0.4 is 4.74 Å². The second kappa shape index (κ2) is 12.0. The van der Waals surface area contributed by atoms with Gasteiger partial charge in [0.15, 0.2) is 5.41 Å². The summed E-state index contributed by atoms with van der Waals surface area (Å²) >= 11 is 0. The Labute approximate surface area is 224 Å². The second-order valence-corrected chi connectivity index (χ2v) is 9.84. The van der Waals surface area contributed by atoms with Gasteiger partial charge in [0.25, 0.3) is 0 Å². The zero-order chi connectivity index (χ0) is 27.1. The number of rotatable bonds is 9. The molecule has 196 valence electrons. The van der Waals surface area contributed by atoms with Gasteiger partial charge in [-0.05, 0) is 65.7 Å². The van der Waals surface area contributed by atoms with E-state index in [9.17, 15) is 9.59 Å². The summed E-state index contributed by atoms with van der Waals surface area (Å²) in [5, 5.41) is 0. The van der Waals surface area contributed by atoms with Gasteiger partial charge in [0.2, 0.25) is 0 Å². The average molecular weight is 511 g/mol. The van der Waals surface area contributed by atoms with Crippen molar-refractivity contribution in [3.8, 4) is 5.75 Å². The Kier molecular flexibility index (Phi) is 8.47. The lowest BCUT2D eigenvalue weighted by Crippen LogP contribution is -2.40. The molecule has 5 nitrogen and oxygen atoms in total. The van der Waals surface area contributed by atoms with Crippen LogP contribution in [0.2, 0.25) is 0 Å². The van der Waals surface area contributed by atoms with E-state index in [1.165, 1.54) is 0 Å². The van der Waals surface area contributed by atoms with Crippen LogP contribution >= 0.6 is 0 Å². The van der Waals surface area contributed by atoms with Crippen LogP contribution in [0, 0.1) is 11.3 Å². The number of esters is 2. The summed E-state index contributed by atoms with van der Waals surface area (Å²) in [6.45, 7) is 8.55. The van der Waals surface area contributed by atoms with Gasteiger partial charge in [-0.3, -0.25) is 9.59 Å². The van der Waals surface area contributed by atoms with Crippen LogP contribution in [0.15, 0.2) is 103 Å². The molecule has 5 heteroatoms. The van der Waals surface area contributed by atoms with Crippen LogP contribution in [0.1, 0.15) is 43.4 Å². The first-order valence-electron chi connectivity index (χ1n) is 12.8.